The molecule has 5 nitrogen and oxygen atoms in total. The molecule has 1 heterocycles. The summed E-state index contributed by atoms with van der Waals surface area (Å²) < 4.78 is 5.57. The molecule has 0 aliphatic rings. The van der Waals surface area contributed by atoms with E-state index in [9.17, 15) is 9.59 Å². The van der Waals surface area contributed by atoms with Crippen LogP contribution in [0.2, 0.25) is 0 Å². The lowest BCUT2D eigenvalue weighted by Gasteiger charge is -2.08. The number of amides is 2. The second-order valence-electron chi connectivity index (χ2n) is 5.76. The highest BCUT2D eigenvalue weighted by molar-refractivity contribution is 6.01. The Morgan fingerprint density at radius 1 is 0.875 bits per heavy atom. The van der Waals surface area contributed by atoms with Crippen molar-refractivity contribution < 1.29 is 14.0 Å². The van der Waals surface area contributed by atoms with Crippen molar-refractivity contribution in [3.63, 3.8) is 0 Å². The number of rotatable bonds is 2. The molecule has 2 N–H and O–H groups in total. The van der Waals surface area contributed by atoms with E-state index in [1.807, 2.05) is 45.0 Å². The monoisotopic (exact) mass is 322 g/mol. The molecule has 1 aromatic heterocycles. The summed E-state index contributed by atoms with van der Waals surface area (Å²) in [7, 11) is 0. The van der Waals surface area contributed by atoms with Crippen LogP contribution in [0.1, 0.15) is 37.6 Å². The van der Waals surface area contributed by atoms with Crippen LogP contribution in [0.4, 0.5) is 0 Å². The third kappa shape index (κ3) is 2.88. The van der Waals surface area contributed by atoms with Crippen LogP contribution in [0.3, 0.4) is 0 Å². The molecule has 2 aromatic carbocycles. The van der Waals surface area contributed by atoms with Gasteiger partial charge in [-0.1, -0.05) is 24.3 Å². The molecule has 0 bridgehead atoms. The van der Waals surface area contributed by atoms with E-state index in [2.05, 4.69) is 10.9 Å². The van der Waals surface area contributed by atoms with Crippen molar-refractivity contribution in [2.45, 2.75) is 20.8 Å². The maximum atomic E-state index is 12.3. The summed E-state index contributed by atoms with van der Waals surface area (Å²) in [4.78, 5) is 24.4. The zero-order chi connectivity index (χ0) is 17.3. The molecule has 0 unspecified atom stereocenters. The smallest absolute Gasteiger partial charge is 0.305 e. The largest absolute Gasteiger partial charge is 0.451 e. The molecule has 3 rings (SSSR count). The van der Waals surface area contributed by atoms with Crippen LogP contribution in [0, 0.1) is 20.8 Å². The highest BCUT2D eigenvalue weighted by Crippen LogP contribution is 2.24. The van der Waals surface area contributed by atoms with Gasteiger partial charge < -0.3 is 4.42 Å². The van der Waals surface area contributed by atoms with E-state index in [1.54, 1.807) is 18.2 Å². The minimum absolute atomic E-state index is 0.191. The molecule has 0 radical (unpaired) electrons. The molecular weight excluding hydrogens is 304 g/mol. The van der Waals surface area contributed by atoms with E-state index < -0.39 is 5.91 Å². The molecular formula is C19H18N2O3. The summed E-state index contributed by atoms with van der Waals surface area (Å²) in [6.45, 7) is 5.72. The average molecular weight is 322 g/mol. The average Bonchev–Trinajstić information content (AvgIpc) is 2.92. The Labute approximate surface area is 139 Å². The number of para-hydroxylation sites is 1. The second kappa shape index (κ2) is 6.20. The second-order valence-corrected chi connectivity index (χ2v) is 5.76. The molecule has 0 atom stereocenters. The third-order valence-electron chi connectivity index (χ3n) is 4.11. The Morgan fingerprint density at radius 3 is 2.29 bits per heavy atom. The fraction of sp³-hybridized carbons (Fsp3) is 0.158. The van der Waals surface area contributed by atoms with E-state index >= 15 is 0 Å². The SMILES string of the molecule is Cc1ccc(C(=O)NNC(=O)c2oc3ccccc3c2C)cc1C. The van der Waals surface area contributed by atoms with Crippen LogP contribution in [0.15, 0.2) is 46.9 Å². The molecule has 0 fully saturated rings. The van der Waals surface area contributed by atoms with Crippen molar-refractivity contribution in [1.82, 2.24) is 10.9 Å². The van der Waals surface area contributed by atoms with E-state index in [0.29, 0.717) is 11.1 Å². The summed E-state index contributed by atoms with van der Waals surface area (Å²) in [5.41, 5.74) is 8.80. The van der Waals surface area contributed by atoms with Gasteiger partial charge >= 0.3 is 5.91 Å². The Bertz CT molecular complexity index is 941. The minimum atomic E-state index is -0.485. The molecule has 0 saturated heterocycles. The number of hydrogen-bond acceptors (Lipinski definition) is 3. The van der Waals surface area contributed by atoms with Gasteiger partial charge in [-0.15, -0.1) is 0 Å². The molecule has 0 aliphatic carbocycles. The first-order valence-corrected chi connectivity index (χ1v) is 7.63. The van der Waals surface area contributed by atoms with Crippen LogP contribution < -0.4 is 10.9 Å². The maximum Gasteiger partial charge on any atom is 0.305 e. The van der Waals surface area contributed by atoms with Gasteiger partial charge in [-0.05, 0) is 50.1 Å². The number of carbonyl (C=O) groups is 2. The van der Waals surface area contributed by atoms with Crippen LogP contribution in [0.5, 0.6) is 0 Å². The van der Waals surface area contributed by atoms with Crippen molar-refractivity contribution in [2.24, 2.45) is 0 Å². The van der Waals surface area contributed by atoms with Gasteiger partial charge in [0, 0.05) is 16.5 Å². The number of nitrogens with one attached hydrogen (secondary N) is 2. The number of fused-ring (bicyclic) bond motifs is 1. The number of hydrogen-bond donors (Lipinski definition) is 2. The molecule has 122 valence electrons. The van der Waals surface area contributed by atoms with E-state index in [4.69, 9.17) is 4.42 Å². The number of carbonyl (C=O) groups excluding carboxylic acids is 2. The number of aryl methyl sites for hydroxylation is 3. The molecule has 2 amide bonds. The zero-order valence-corrected chi connectivity index (χ0v) is 13.8. The molecule has 5 heteroatoms. The van der Waals surface area contributed by atoms with Crippen molar-refractivity contribution in [3.05, 3.63) is 70.5 Å². The van der Waals surface area contributed by atoms with Gasteiger partial charge in [-0.2, -0.15) is 0 Å². The topological polar surface area (TPSA) is 71.3 Å². The van der Waals surface area contributed by atoms with Gasteiger partial charge in [0.25, 0.3) is 5.91 Å². The lowest BCUT2D eigenvalue weighted by atomic mass is 10.1. The standard InChI is InChI=1S/C19H18N2O3/c1-11-8-9-14(10-12(11)2)18(22)20-21-19(23)17-13(3)15-6-4-5-7-16(15)24-17/h4-10H,1-3H3,(H,20,22)(H,21,23). The van der Waals surface area contributed by atoms with E-state index in [-0.39, 0.29) is 11.7 Å². The maximum absolute atomic E-state index is 12.3. The Morgan fingerprint density at radius 2 is 1.58 bits per heavy atom. The molecule has 3 aromatic rings. The van der Waals surface area contributed by atoms with Crippen LogP contribution in [0.25, 0.3) is 11.0 Å². The van der Waals surface area contributed by atoms with Crippen LogP contribution in [-0.4, -0.2) is 11.8 Å². The normalized spacial score (nSPS) is 10.6. The van der Waals surface area contributed by atoms with E-state index in [0.717, 1.165) is 22.1 Å². The molecule has 0 aliphatic heterocycles. The molecule has 0 saturated carbocycles. The fourth-order valence-corrected chi connectivity index (χ4v) is 2.52. The highest BCUT2D eigenvalue weighted by atomic mass is 16.3. The van der Waals surface area contributed by atoms with Gasteiger partial charge in [0.1, 0.15) is 5.58 Å². The molecule has 0 spiro atoms. The Balaban J connectivity index is 1.73. The van der Waals surface area contributed by atoms with Gasteiger partial charge in [-0.25, -0.2) is 0 Å². The number of furan rings is 1. The third-order valence-corrected chi connectivity index (χ3v) is 4.11. The zero-order valence-electron chi connectivity index (χ0n) is 13.8. The first-order valence-electron chi connectivity index (χ1n) is 7.63. The first kappa shape index (κ1) is 15.8. The quantitative estimate of drug-likeness (QED) is 0.710. The van der Waals surface area contributed by atoms with E-state index in [1.165, 1.54) is 0 Å². The van der Waals surface area contributed by atoms with Crippen molar-refractivity contribution in [1.29, 1.82) is 0 Å². The van der Waals surface area contributed by atoms with Crippen molar-refractivity contribution in [3.8, 4) is 0 Å². The van der Waals surface area contributed by atoms with Crippen LogP contribution >= 0.6 is 0 Å². The van der Waals surface area contributed by atoms with Crippen molar-refractivity contribution in [2.75, 3.05) is 0 Å². The van der Waals surface area contributed by atoms with Gasteiger partial charge in [-0.3, -0.25) is 20.4 Å². The lowest BCUT2D eigenvalue weighted by molar-refractivity contribution is 0.0831. The van der Waals surface area contributed by atoms with Gasteiger partial charge in [0.2, 0.25) is 0 Å². The Hall–Kier alpha value is -3.08. The Kier molecular flexibility index (Phi) is 4.08. The number of benzene rings is 2. The first-order chi connectivity index (χ1) is 11.5. The minimum Gasteiger partial charge on any atom is -0.451 e. The van der Waals surface area contributed by atoms with Gasteiger partial charge in [0.05, 0.1) is 0 Å². The predicted molar refractivity (Wildman–Crippen MR) is 91.8 cm³/mol. The summed E-state index contributed by atoms with van der Waals surface area (Å²) >= 11 is 0. The lowest BCUT2D eigenvalue weighted by Crippen LogP contribution is -2.41. The van der Waals surface area contributed by atoms with Crippen molar-refractivity contribution >= 4 is 22.8 Å². The number of hydrazine groups is 1. The molecule has 24 heavy (non-hydrogen) atoms. The highest BCUT2D eigenvalue weighted by Gasteiger charge is 2.18. The predicted octanol–water partition coefficient (Wildman–Crippen LogP) is 3.43. The van der Waals surface area contributed by atoms with Gasteiger partial charge in [0.15, 0.2) is 5.76 Å². The fourth-order valence-electron chi connectivity index (χ4n) is 2.52. The summed E-state index contributed by atoms with van der Waals surface area (Å²) in [6, 6.07) is 12.8. The summed E-state index contributed by atoms with van der Waals surface area (Å²) in [6.07, 6.45) is 0. The van der Waals surface area contributed by atoms with Crippen LogP contribution in [-0.2, 0) is 0 Å². The summed E-state index contributed by atoms with van der Waals surface area (Å²) in [5, 5.41) is 0.878. The summed E-state index contributed by atoms with van der Waals surface area (Å²) in [5.74, 6) is -0.669.